The van der Waals surface area contributed by atoms with E-state index in [1.165, 1.54) is 12.0 Å². The Morgan fingerprint density at radius 3 is 2.52 bits per heavy atom. The second-order valence-corrected chi connectivity index (χ2v) is 9.90. The van der Waals surface area contributed by atoms with E-state index in [0.29, 0.717) is 41.9 Å². The second kappa shape index (κ2) is 6.63. The Labute approximate surface area is 162 Å². The molecular weight excluding hydrogens is 340 g/mol. The number of carbonyl (C=O) groups excluding carboxylic acids is 2. The smallest absolute Gasteiger partial charge is 0.313 e. The molecule has 2 saturated carbocycles. The van der Waals surface area contributed by atoms with Crippen LogP contribution in [0.25, 0.3) is 0 Å². The Bertz CT molecular complexity index is 667. The zero-order valence-electron chi connectivity index (χ0n) is 16.6. The summed E-state index contributed by atoms with van der Waals surface area (Å²) in [6, 6.07) is 0. The molecule has 0 aromatic heterocycles. The molecule has 0 aromatic carbocycles. The van der Waals surface area contributed by atoms with Crippen LogP contribution in [0.5, 0.6) is 0 Å². The van der Waals surface area contributed by atoms with Gasteiger partial charge in [-0.15, -0.1) is 0 Å². The van der Waals surface area contributed by atoms with E-state index in [-0.39, 0.29) is 30.1 Å². The van der Waals surface area contributed by atoms with E-state index in [1.807, 2.05) is 0 Å². The van der Waals surface area contributed by atoms with Gasteiger partial charge in [0.25, 0.3) is 0 Å². The van der Waals surface area contributed by atoms with E-state index in [9.17, 15) is 9.59 Å². The van der Waals surface area contributed by atoms with Gasteiger partial charge in [0, 0.05) is 18.3 Å². The summed E-state index contributed by atoms with van der Waals surface area (Å²) in [5.74, 6) is 2.06. The molecule has 9 atom stereocenters. The fourth-order valence-electron chi connectivity index (χ4n) is 7.28. The van der Waals surface area contributed by atoms with Crippen molar-refractivity contribution in [1.82, 2.24) is 0 Å². The molecule has 0 spiro atoms. The zero-order valence-corrected chi connectivity index (χ0v) is 16.6. The second-order valence-electron chi connectivity index (χ2n) is 9.90. The van der Waals surface area contributed by atoms with E-state index >= 15 is 0 Å². The van der Waals surface area contributed by atoms with Crippen LogP contribution in [0.2, 0.25) is 0 Å². The molecular formula is C23H32O4. The van der Waals surface area contributed by atoms with Crippen LogP contribution < -0.4 is 0 Å². The molecule has 0 amide bonds. The first-order chi connectivity index (χ1) is 13.0. The first-order valence-electron chi connectivity index (χ1n) is 11.1. The largest absolute Gasteiger partial charge is 0.461 e. The van der Waals surface area contributed by atoms with Crippen molar-refractivity contribution in [3.63, 3.8) is 0 Å². The normalized spacial score (nSPS) is 49.3. The van der Waals surface area contributed by atoms with Gasteiger partial charge in [0.05, 0.1) is 5.92 Å². The maximum Gasteiger partial charge on any atom is 0.313 e. The number of hydrogen-bond donors (Lipinski definition) is 0. The van der Waals surface area contributed by atoms with Crippen molar-refractivity contribution in [2.45, 2.75) is 77.4 Å². The van der Waals surface area contributed by atoms with E-state index in [4.69, 9.17) is 9.47 Å². The van der Waals surface area contributed by atoms with Crippen molar-refractivity contribution in [2.24, 2.45) is 41.4 Å². The van der Waals surface area contributed by atoms with Gasteiger partial charge in [-0.1, -0.05) is 26.3 Å². The lowest BCUT2D eigenvalue weighted by Crippen LogP contribution is -2.54. The quantitative estimate of drug-likeness (QED) is 0.536. The van der Waals surface area contributed by atoms with Crippen LogP contribution in [-0.2, 0) is 19.1 Å². The Morgan fingerprint density at radius 1 is 0.963 bits per heavy atom. The van der Waals surface area contributed by atoms with Crippen molar-refractivity contribution in [2.75, 3.05) is 0 Å². The first kappa shape index (κ1) is 17.8. The number of cyclic esters (lactones) is 2. The van der Waals surface area contributed by atoms with E-state index in [0.717, 1.165) is 38.5 Å². The average molecular weight is 373 g/mol. The highest BCUT2D eigenvalue weighted by atomic mass is 16.6. The summed E-state index contributed by atoms with van der Waals surface area (Å²) in [5.41, 5.74) is 1.35. The predicted octanol–water partition coefficient (Wildman–Crippen LogP) is 4.28. The number of allylic oxidation sites excluding steroid dienone is 1. The minimum atomic E-state index is -0.266. The molecule has 4 heteroatoms. The van der Waals surface area contributed by atoms with Gasteiger partial charge < -0.3 is 9.47 Å². The third-order valence-corrected chi connectivity index (χ3v) is 8.50. The number of carbonyl (C=O) groups is 2. The molecule has 4 nitrogen and oxygen atoms in total. The summed E-state index contributed by atoms with van der Waals surface area (Å²) in [7, 11) is 0. The fourth-order valence-corrected chi connectivity index (χ4v) is 7.28. The molecule has 5 unspecified atom stereocenters. The summed E-state index contributed by atoms with van der Waals surface area (Å²) in [6.45, 7) is 4.59. The maximum atomic E-state index is 13.3. The van der Waals surface area contributed by atoms with Gasteiger partial charge in [0.1, 0.15) is 12.2 Å². The molecule has 0 aromatic rings. The number of ether oxygens (including phenoxy) is 2. The minimum absolute atomic E-state index is 0.0326. The lowest BCUT2D eigenvalue weighted by Gasteiger charge is -2.47. The van der Waals surface area contributed by atoms with Crippen LogP contribution >= 0.6 is 0 Å². The first-order valence-corrected chi connectivity index (χ1v) is 11.1. The minimum Gasteiger partial charge on any atom is -0.461 e. The van der Waals surface area contributed by atoms with Crippen molar-refractivity contribution in [3.8, 4) is 0 Å². The van der Waals surface area contributed by atoms with Crippen LogP contribution in [0.15, 0.2) is 11.6 Å². The van der Waals surface area contributed by atoms with E-state index in [1.54, 1.807) is 0 Å². The Hall–Kier alpha value is -1.32. The molecule has 148 valence electrons. The van der Waals surface area contributed by atoms with Crippen molar-refractivity contribution in [3.05, 3.63) is 11.6 Å². The van der Waals surface area contributed by atoms with Crippen molar-refractivity contribution < 1.29 is 19.1 Å². The molecule has 0 bridgehead atoms. The molecule has 2 aliphatic heterocycles. The number of rotatable bonds is 2. The molecule has 0 N–H and O–H groups in total. The number of esters is 2. The van der Waals surface area contributed by atoms with Gasteiger partial charge >= 0.3 is 11.9 Å². The molecule has 2 heterocycles. The highest BCUT2D eigenvalue weighted by molar-refractivity contribution is 5.77. The summed E-state index contributed by atoms with van der Waals surface area (Å²) >= 11 is 0. The Kier molecular flexibility index (Phi) is 4.36. The van der Waals surface area contributed by atoms with Crippen LogP contribution in [0.3, 0.4) is 0 Å². The number of hydrogen-bond acceptors (Lipinski definition) is 4. The predicted molar refractivity (Wildman–Crippen MR) is 101 cm³/mol. The average Bonchev–Trinajstić information content (AvgIpc) is 3.36. The third kappa shape index (κ3) is 2.77. The fraction of sp³-hybridized carbons (Fsp3) is 0.826. The van der Waals surface area contributed by atoms with Gasteiger partial charge in [0.2, 0.25) is 0 Å². The maximum absolute atomic E-state index is 13.3. The molecule has 27 heavy (non-hydrogen) atoms. The zero-order chi connectivity index (χ0) is 18.7. The van der Waals surface area contributed by atoms with Crippen LogP contribution in [0.4, 0.5) is 0 Å². The summed E-state index contributed by atoms with van der Waals surface area (Å²) in [4.78, 5) is 25.6. The summed E-state index contributed by atoms with van der Waals surface area (Å²) < 4.78 is 12.1. The lowest BCUT2D eigenvalue weighted by atomic mass is 9.67. The lowest BCUT2D eigenvalue weighted by molar-refractivity contribution is -0.194. The molecule has 4 fully saturated rings. The van der Waals surface area contributed by atoms with Crippen molar-refractivity contribution >= 4 is 11.9 Å². The van der Waals surface area contributed by atoms with Gasteiger partial charge in [0.15, 0.2) is 0 Å². The van der Waals surface area contributed by atoms with Crippen LogP contribution in [-0.4, -0.2) is 24.1 Å². The molecule has 2 saturated heterocycles. The monoisotopic (exact) mass is 372 g/mol. The molecule has 5 rings (SSSR count). The summed E-state index contributed by atoms with van der Waals surface area (Å²) in [5, 5.41) is 0. The van der Waals surface area contributed by atoms with Crippen LogP contribution in [0, 0.1) is 41.4 Å². The van der Waals surface area contributed by atoms with Crippen molar-refractivity contribution in [1.29, 1.82) is 0 Å². The van der Waals surface area contributed by atoms with E-state index < -0.39 is 0 Å². The highest BCUT2D eigenvalue weighted by Gasteiger charge is 2.59. The number of fused-ring (bicyclic) bond motifs is 2. The van der Waals surface area contributed by atoms with Crippen LogP contribution in [0.1, 0.15) is 65.2 Å². The summed E-state index contributed by atoms with van der Waals surface area (Å²) in [6.07, 6.45) is 10.4. The highest BCUT2D eigenvalue weighted by Crippen LogP contribution is 2.55. The Morgan fingerprint density at radius 2 is 1.74 bits per heavy atom. The topological polar surface area (TPSA) is 52.6 Å². The standard InChI is InChI=1S/C23H32O4/c1-12-7-9-15-11-17(24)26-22(18(12)15)20-16-10-8-13(2)19(16)21(27-23(20)25)14-5-3-4-6-14/h5,12-13,15-16,18-22H,3-4,6-11H2,1-2H3/t12-,13-,15?,16?,18?,19?,20+,21-,22?/m0/s1. The van der Waals surface area contributed by atoms with Gasteiger partial charge in [-0.3, -0.25) is 9.59 Å². The van der Waals surface area contributed by atoms with Gasteiger partial charge in [-0.2, -0.15) is 0 Å². The molecule has 0 radical (unpaired) electrons. The van der Waals surface area contributed by atoms with E-state index in [2.05, 4.69) is 19.9 Å². The Balaban J connectivity index is 1.47. The molecule has 3 aliphatic carbocycles. The third-order valence-electron chi connectivity index (χ3n) is 8.50. The van der Waals surface area contributed by atoms with Gasteiger partial charge in [-0.05, 0) is 67.8 Å². The van der Waals surface area contributed by atoms with Gasteiger partial charge in [-0.25, -0.2) is 0 Å². The molecule has 5 aliphatic rings. The SMILES string of the molecule is C[C@H]1CCC2CC(=O)OC([C@@H]3C(=O)O[C@@H](C4=CCCC4)C4C3CC[C@@H]4C)C21.